The Bertz CT molecular complexity index is 419. The van der Waals surface area contributed by atoms with Crippen molar-refractivity contribution in [3.8, 4) is 0 Å². The predicted molar refractivity (Wildman–Crippen MR) is 60.8 cm³/mol. The van der Waals surface area contributed by atoms with Gasteiger partial charge in [0, 0.05) is 24.6 Å². The van der Waals surface area contributed by atoms with Crippen LogP contribution in [-0.4, -0.2) is 15.9 Å². The van der Waals surface area contributed by atoms with E-state index in [2.05, 4.69) is 4.98 Å². The van der Waals surface area contributed by atoms with Crippen molar-refractivity contribution in [3.05, 3.63) is 23.4 Å². The van der Waals surface area contributed by atoms with Crippen molar-refractivity contribution < 1.29 is 9.90 Å². The summed E-state index contributed by atoms with van der Waals surface area (Å²) in [5, 5.41) is 10.5. The highest BCUT2D eigenvalue weighted by Gasteiger charge is 2.35. The second-order valence-corrected chi connectivity index (χ2v) is 4.52. The number of aromatic nitrogens is 1. The monoisotopic (exact) mass is 220 g/mol. The fourth-order valence-corrected chi connectivity index (χ4v) is 2.16. The lowest BCUT2D eigenvalue weighted by atomic mass is 9.79. The van der Waals surface area contributed by atoms with Crippen LogP contribution in [0.3, 0.4) is 0 Å². The number of Topliss-reactive ketones (excluding diaryl/α,β-unsaturated/α-hetero) is 1. The number of hydrogen-bond donors (Lipinski definition) is 2. The van der Waals surface area contributed by atoms with Gasteiger partial charge < -0.3 is 10.8 Å². The second kappa shape index (κ2) is 3.87. The van der Waals surface area contributed by atoms with E-state index in [0.29, 0.717) is 37.1 Å². The van der Waals surface area contributed by atoms with Crippen molar-refractivity contribution in [2.24, 2.45) is 0 Å². The second-order valence-electron chi connectivity index (χ2n) is 4.52. The number of aryl methyl sites for hydroxylation is 1. The summed E-state index contributed by atoms with van der Waals surface area (Å²) in [4.78, 5) is 15.2. The van der Waals surface area contributed by atoms with Gasteiger partial charge in [-0.05, 0) is 31.4 Å². The molecule has 0 aromatic carbocycles. The number of nitrogens with zero attached hydrogens (tertiary/aromatic N) is 1. The molecule has 2 rings (SSSR count). The molecule has 0 bridgehead atoms. The minimum Gasteiger partial charge on any atom is -0.385 e. The standard InChI is InChI=1S/C12H16N2O2/c1-8-6-10(11(13)14-7-8)12(16)4-2-9(15)3-5-12/h6-7,16H,2-5H2,1H3,(H2,13,14). The first-order valence-corrected chi connectivity index (χ1v) is 5.48. The molecule has 16 heavy (non-hydrogen) atoms. The quantitative estimate of drug-likeness (QED) is 0.748. The van der Waals surface area contributed by atoms with Gasteiger partial charge in [0.15, 0.2) is 0 Å². The Morgan fingerprint density at radius 1 is 1.44 bits per heavy atom. The molecule has 1 aromatic heterocycles. The van der Waals surface area contributed by atoms with Crippen LogP contribution in [0.4, 0.5) is 5.82 Å². The van der Waals surface area contributed by atoms with Crippen LogP contribution in [0.25, 0.3) is 0 Å². The Morgan fingerprint density at radius 2 is 2.06 bits per heavy atom. The molecule has 0 amide bonds. The highest BCUT2D eigenvalue weighted by molar-refractivity contribution is 5.79. The molecule has 1 aliphatic rings. The van der Waals surface area contributed by atoms with Crippen LogP contribution in [0.2, 0.25) is 0 Å². The summed E-state index contributed by atoms with van der Waals surface area (Å²) >= 11 is 0. The Balaban J connectivity index is 2.35. The van der Waals surface area contributed by atoms with Gasteiger partial charge in [0.1, 0.15) is 11.6 Å². The van der Waals surface area contributed by atoms with Gasteiger partial charge in [-0.1, -0.05) is 0 Å². The van der Waals surface area contributed by atoms with Crippen LogP contribution in [-0.2, 0) is 10.4 Å². The SMILES string of the molecule is Cc1cnc(N)c(C2(O)CCC(=O)CC2)c1. The highest BCUT2D eigenvalue weighted by atomic mass is 16.3. The summed E-state index contributed by atoms with van der Waals surface area (Å²) in [5.74, 6) is 0.575. The van der Waals surface area contributed by atoms with E-state index in [9.17, 15) is 9.90 Å². The fourth-order valence-electron chi connectivity index (χ4n) is 2.16. The normalized spacial score (nSPS) is 19.8. The fraction of sp³-hybridized carbons (Fsp3) is 0.500. The van der Waals surface area contributed by atoms with Gasteiger partial charge in [-0.25, -0.2) is 4.98 Å². The lowest BCUT2D eigenvalue weighted by molar-refractivity contribution is -0.125. The molecule has 0 spiro atoms. The molecule has 1 heterocycles. The number of carbonyl (C=O) groups excluding carboxylic acids is 1. The third-order valence-electron chi connectivity index (χ3n) is 3.19. The zero-order valence-electron chi connectivity index (χ0n) is 9.36. The summed E-state index contributed by atoms with van der Waals surface area (Å²) < 4.78 is 0. The molecular formula is C12H16N2O2. The van der Waals surface area contributed by atoms with E-state index in [4.69, 9.17) is 5.73 Å². The first-order chi connectivity index (χ1) is 7.51. The van der Waals surface area contributed by atoms with Crippen LogP contribution in [0, 0.1) is 6.92 Å². The summed E-state index contributed by atoms with van der Waals surface area (Å²) in [7, 11) is 0. The lowest BCUT2D eigenvalue weighted by Gasteiger charge is -2.32. The van der Waals surface area contributed by atoms with Crippen LogP contribution >= 0.6 is 0 Å². The third kappa shape index (κ3) is 1.93. The number of nitrogens with two attached hydrogens (primary N) is 1. The van der Waals surface area contributed by atoms with Crippen LogP contribution in [0.15, 0.2) is 12.3 Å². The Labute approximate surface area is 94.5 Å². The third-order valence-corrected chi connectivity index (χ3v) is 3.19. The molecule has 1 aliphatic carbocycles. The van der Waals surface area contributed by atoms with Gasteiger partial charge in [-0.15, -0.1) is 0 Å². The Kier molecular flexibility index (Phi) is 2.68. The summed E-state index contributed by atoms with van der Waals surface area (Å²) in [6.07, 6.45) is 3.41. The molecule has 1 aromatic rings. The summed E-state index contributed by atoms with van der Waals surface area (Å²) in [6, 6.07) is 1.86. The topological polar surface area (TPSA) is 76.2 Å². The Morgan fingerprint density at radius 3 is 2.69 bits per heavy atom. The van der Waals surface area contributed by atoms with E-state index >= 15 is 0 Å². The van der Waals surface area contributed by atoms with E-state index in [1.165, 1.54) is 0 Å². The number of rotatable bonds is 1. The van der Waals surface area contributed by atoms with E-state index in [1.54, 1.807) is 6.20 Å². The zero-order valence-corrected chi connectivity index (χ0v) is 9.36. The van der Waals surface area contributed by atoms with E-state index in [0.717, 1.165) is 5.56 Å². The minimum atomic E-state index is -0.975. The number of nitrogen functional groups attached to an aromatic ring is 1. The maximum atomic E-state index is 11.2. The average molecular weight is 220 g/mol. The number of carbonyl (C=O) groups is 1. The summed E-state index contributed by atoms with van der Waals surface area (Å²) in [5.41, 5.74) is 6.44. The number of hydrogen-bond acceptors (Lipinski definition) is 4. The molecular weight excluding hydrogens is 204 g/mol. The molecule has 86 valence electrons. The number of aliphatic hydroxyl groups is 1. The zero-order chi connectivity index (χ0) is 11.8. The molecule has 1 saturated carbocycles. The Hall–Kier alpha value is -1.42. The van der Waals surface area contributed by atoms with Gasteiger partial charge in [-0.3, -0.25) is 4.79 Å². The minimum absolute atomic E-state index is 0.212. The molecule has 0 atom stereocenters. The molecule has 0 saturated heterocycles. The smallest absolute Gasteiger partial charge is 0.133 e. The largest absolute Gasteiger partial charge is 0.385 e. The van der Waals surface area contributed by atoms with Crippen molar-refractivity contribution in [2.75, 3.05) is 5.73 Å². The van der Waals surface area contributed by atoms with Gasteiger partial charge in [-0.2, -0.15) is 0 Å². The lowest BCUT2D eigenvalue weighted by Crippen LogP contribution is -2.32. The number of anilines is 1. The van der Waals surface area contributed by atoms with Crippen LogP contribution in [0.5, 0.6) is 0 Å². The van der Waals surface area contributed by atoms with Gasteiger partial charge in [0.2, 0.25) is 0 Å². The van der Waals surface area contributed by atoms with Crippen molar-refractivity contribution >= 4 is 11.6 Å². The van der Waals surface area contributed by atoms with Gasteiger partial charge in [0.05, 0.1) is 5.60 Å². The van der Waals surface area contributed by atoms with Crippen LogP contribution in [0.1, 0.15) is 36.8 Å². The van der Waals surface area contributed by atoms with Crippen molar-refractivity contribution in [1.82, 2.24) is 4.98 Å². The van der Waals surface area contributed by atoms with Gasteiger partial charge in [0.25, 0.3) is 0 Å². The van der Waals surface area contributed by atoms with E-state index < -0.39 is 5.60 Å². The van der Waals surface area contributed by atoms with Crippen LogP contribution < -0.4 is 5.73 Å². The van der Waals surface area contributed by atoms with Crippen molar-refractivity contribution in [2.45, 2.75) is 38.2 Å². The van der Waals surface area contributed by atoms with Crippen molar-refractivity contribution in [1.29, 1.82) is 0 Å². The molecule has 4 heteroatoms. The molecule has 0 unspecified atom stereocenters. The average Bonchev–Trinajstić information content (AvgIpc) is 2.26. The molecule has 4 nitrogen and oxygen atoms in total. The summed E-state index contributed by atoms with van der Waals surface area (Å²) in [6.45, 7) is 1.91. The molecule has 0 radical (unpaired) electrons. The maximum absolute atomic E-state index is 11.2. The first-order valence-electron chi connectivity index (χ1n) is 5.48. The van der Waals surface area contributed by atoms with E-state index in [1.807, 2.05) is 13.0 Å². The number of ketones is 1. The van der Waals surface area contributed by atoms with Crippen molar-refractivity contribution in [3.63, 3.8) is 0 Å². The maximum Gasteiger partial charge on any atom is 0.133 e. The first kappa shape index (κ1) is 11.1. The van der Waals surface area contributed by atoms with E-state index in [-0.39, 0.29) is 5.78 Å². The van der Waals surface area contributed by atoms with Gasteiger partial charge >= 0.3 is 0 Å². The molecule has 3 N–H and O–H groups in total. The molecule has 1 fully saturated rings. The number of pyridine rings is 1. The highest BCUT2D eigenvalue weighted by Crippen LogP contribution is 2.37. The predicted octanol–water partition coefficient (Wildman–Crippen LogP) is 1.30. The molecule has 0 aliphatic heterocycles.